The van der Waals surface area contributed by atoms with Gasteiger partial charge < -0.3 is 0 Å². The van der Waals surface area contributed by atoms with E-state index in [0.29, 0.717) is 0 Å². The zero-order chi connectivity index (χ0) is 8.93. The fourth-order valence-corrected chi connectivity index (χ4v) is 1.43. The molecule has 0 unspecified atom stereocenters. The van der Waals surface area contributed by atoms with Crippen LogP contribution in [0.3, 0.4) is 0 Å². The van der Waals surface area contributed by atoms with Crippen LogP contribution in [0.4, 0.5) is 0 Å². The van der Waals surface area contributed by atoms with Gasteiger partial charge >= 0.3 is 0 Å². The first kappa shape index (κ1) is 8.06. The Hall–Kier alpha value is -1.56. The second-order valence-electron chi connectivity index (χ2n) is 3.15. The summed E-state index contributed by atoms with van der Waals surface area (Å²) in [6.45, 7) is 0. The Labute approximate surface area is 79.0 Å². The third kappa shape index (κ3) is 2.19. The fraction of sp³-hybridized carbons (Fsp3) is 0.0769. The first-order valence-corrected chi connectivity index (χ1v) is 4.53. The SMILES string of the molecule is C1=CC=C2\C=C/C=C\C=C/C(=C1)C2. The van der Waals surface area contributed by atoms with E-state index in [1.165, 1.54) is 11.1 Å². The highest BCUT2D eigenvalue weighted by Crippen LogP contribution is 2.17. The van der Waals surface area contributed by atoms with Gasteiger partial charge in [-0.15, -0.1) is 0 Å². The van der Waals surface area contributed by atoms with E-state index >= 15 is 0 Å². The molecule has 2 aliphatic rings. The van der Waals surface area contributed by atoms with Crippen molar-refractivity contribution in [2.45, 2.75) is 6.42 Å². The summed E-state index contributed by atoms with van der Waals surface area (Å²) in [6.07, 6.45) is 22.1. The summed E-state index contributed by atoms with van der Waals surface area (Å²) in [5, 5.41) is 0. The van der Waals surface area contributed by atoms with Crippen molar-refractivity contribution in [2.24, 2.45) is 0 Å². The van der Waals surface area contributed by atoms with Crippen LogP contribution in [0.15, 0.2) is 71.9 Å². The van der Waals surface area contributed by atoms with Crippen LogP contribution < -0.4 is 0 Å². The molecule has 0 aromatic rings. The molecule has 2 aliphatic carbocycles. The minimum absolute atomic E-state index is 1.03. The van der Waals surface area contributed by atoms with Crippen LogP contribution in [0.1, 0.15) is 6.42 Å². The van der Waals surface area contributed by atoms with Gasteiger partial charge in [-0.05, 0) is 17.6 Å². The number of allylic oxidation sites excluding steroid dienone is 12. The Morgan fingerprint density at radius 2 is 1.15 bits per heavy atom. The molecule has 0 aromatic heterocycles. The van der Waals surface area contributed by atoms with Crippen molar-refractivity contribution in [3.8, 4) is 0 Å². The molecule has 0 N–H and O–H groups in total. The van der Waals surface area contributed by atoms with Gasteiger partial charge in [0.2, 0.25) is 0 Å². The lowest BCUT2D eigenvalue weighted by Gasteiger charge is -1.99. The Morgan fingerprint density at radius 1 is 0.615 bits per heavy atom. The highest BCUT2D eigenvalue weighted by Gasteiger charge is 1.98. The summed E-state index contributed by atoms with van der Waals surface area (Å²) >= 11 is 0. The van der Waals surface area contributed by atoms with E-state index in [1.807, 2.05) is 0 Å². The predicted octanol–water partition coefficient (Wildman–Crippen LogP) is 3.48. The molecule has 0 amide bonds. The van der Waals surface area contributed by atoms with Gasteiger partial charge in [0.1, 0.15) is 0 Å². The molecule has 0 spiro atoms. The Bertz CT molecular complexity index is 323. The van der Waals surface area contributed by atoms with Crippen LogP contribution in [0.25, 0.3) is 0 Å². The van der Waals surface area contributed by atoms with Crippen molar-refractivity contribution in [2.75, 3.05) is 0 Å². The first-order chi connectivity index (χ1) is 6.45. The third-order valence-corrected chi connectivity index (χ3v) is 2.09. The van der Waals surface area contributed by atoms with Crippen LogP contribution in [0.5, 0.6) is 0 Å². The van der Waals surface area contributed by atoms with Gasteiger partial charge in [0.25, 0.3) is 0 Å². The molecule has 0 fully saturated rings. The van der Waals surface area contributed by atoms with E-state index in [2.05, 4.69) is 60.8 Å². The molecule has 0 saturated carbocycles. The van der Waals surface area contributed by atoms with Crippen molar-refractivity contribution in [3.05, 3.63) is 71.9 Å². The average Bonchev–Trinajstić information content (AvgIpc) is 2.27. The minimum Gasteiger partial charge on any atom is -0.0623 e. The molecule has 0 nitrogen and oxygen atoms in total. The lowest BCUT2D eigenvalue weighted by atomic mass is 10.1. The molecule has 2 rings (SSSR count). The third-order valence-electron chi connectivity index (χ3n) is 2.09. The van der Waals surface area contributed by atoms with Crippen molar-refractivity contribution in [1.29, 1.82) is 0 Å². The van der Waals surface area contributed by atoms with E-state index in [9.17, 15) is 0 Å². The smallest absolute Gasteiger partial charge is 0.00258 e. The van der Waals surface area contributed by atoms with Gasteiger partial charge in [0, 0.05) is 0 Å². The Balaban J connectivity index is 2.40. The van der Waals surface area contributed by atoms with E-state index in [1.54, 1.807) is 0 Å². The van der Waals surface area contributed by atoms with Crippen LogP contribution in [0.2, 0.25) is 0 Å². The Kier molecular flexibility index (Phi) is 2.42. The van der Waals surface area contributed by atoms with Gasteiger partial charge in [-0.2, -0.15) is 0 Å². The van der Waals surface area contributed by atoms with E-state index in [4.69, 9.17) is 0 Å². The van der Waals surface area contributed by atoms with Gasteiger partial charge in [0.05, 0.1) is 0 Å². The molecule has 64 valence electrons. The lowest BCUT2D eigenvalue weighted by molar-refractivity contribution is 1.22. The fourth-order valence-electron chi connectivity index (χ4n) is 1.43. The molecule has 0 aromatic carbocycles. The molecule has 0 radical (unpaired) electrons. The summed E-state index contributed by atoms with van der Waals surface area (Å²) in [6, 6.07) is 0. The predicted molar refractivity (Wildman–Crippen MR) is 57.3 cm³/mol. The van der Waals surface area contributed by atoms with Crippen molar-refractivity contribution in [1.82, 2.24) is 0 Å². The molecular formula is C13H12. The van der Waals surface area contributed by atoms with Crippen molar-refractivity contribution < 1.29 is 0 Å². The number of hydrogen-bond acceptors (Lipinski definition) is 0. The second kappa shape index (κ2) is 3.90. The number of fused-ring (bicyclic) bond motifs is 2. The molecule has 0 atom stereocenters. The maximum Gasteiger partial charge on any atom is -0.00258 e. The lowest BCUT2D eigenvalue weighted by Crippen LogP contribution is -1.80. The summed E-state index contributed by atoms with van der Waals surface area (Å²) in [5.41, 5.74) is 2.72. The quantitative estimate of drug-likeness (QED) is 0.519. The second-order valence-corrected chi connectivity index (χ2v) is 3.15. The average molecular weight is 168 g/mol. The summed E-state index contributed by atoms with van der Waals surface area (Å²) < 4.78 is 0. The van der Waals surface area contributed by atoms with Gasteiger partial charge in [-0.3, -0.25) is 0 Å². The van der Waals surface area contributed by atoms with Crippen LogP contribution >= 0.6 is 0 Å². The highest BCUT2D eigenvalue weighted by molar-refractivity contribution is 5.41. The van der Waals surface area contributed by atoms with Gasteiger partial charge in [0.15, 0.2) is 0 Å². The van der Waals surface area contributed by atoms with E-state index in [0.717, 1.165) is 6.42 Å². The molecule has 0 aliphatic heterocycles. The molecule has 0 heterocycles. The van der Waals surface area contributed by atoms with Crippen molar-refractivity contribution in [3.63, 3.8) is 0 Å². The van der Waals surface area contributed by atoms with Crippen LogP contribution in [0, 0.1) is 0 Å². The number of hydrogen-bond donors (Lipinski definition) is 0. The zero-order valence-electron chi connectivity index (χ0n) is 7.48. The topological polar surface area (TPSA) is 0 Å². The molecule has 0 heteroatoms. The van der Waals surface area contributed by atoms with Crippen molar-refractivity contribution >= 4 is 0 Å². The molecule has 2 bridgehead atoms. The van der Waals surface area contributed by atoms with E-state index in [-0.39, 0.29) is 0 Å². The molecular weight excluding hydrogens is 156 g/mol. The van der Waals surface area contributed by atoms with Gasteiger partial charge in [-0.1, -0.05) is 60.8 Å². The molecule has 0 saturated heterocycles. The maximum atomic E-state index is 2.16. The normalized spacial score (nSPS) is 27.1. The zero-order valence-corrected chi connectivity index (χ0v) is 7.48. The van der Waals surface area contributed by atoms with E-state index < -0.39 is 0 Å². The molecule has 13 heavy (non-hydrogen) atoms. The monoisotopic (exact) mass is 168 g/mol. The Morgan fingerprint density at radius 3 is 1.69 bits per heavy atom. The first-order valence-electron chi connectivity index (χ1n) is 4.53. The van der Waals surface area contributed by atoms with Gasteiger partial charge in [-0.25, -0.2) is 0 Å². The number of rotatable bonds is 0. The highest BCUT2D eigenvalue weighted by atomic mass is 14.0. The standard InChI is InChI=1S/C13H12/c1-2-4-8-13-10-6-5-9-12(11-13)7-3-1/h1-10H,11H2/b2-1-,3-1?,4-2?,7-3-,8-4-,12-7?,13-8?. The van der Waals surface area contributed by atoms with Crippen LogP contribution in [-0.4, -0.2) is 0 Å². The summed E-state index contributed by atoms with van der Waals surface area (Å²) in [7, 11) is 0. The largest absolute Gasteiger partial charge is 0.0623 e. The minimum atomic E-state index is 1.03. The summed E-state index contributed by atoms with van der Waals surface area (Å²) in [5.74, 6) is 0. The maximum absolute atomic E-state index is 2.16. The summed E-state index contributed by atoms with van der Waals surface area (Å²) in [4.78, 5) is 0. The van der Waals surface area contributed by atoms with Crippen LogP contribution in [-0.2, 0) is 0 Å².